The van der Waals surface area contributed by atoms with Crippen molar-refractivity contribution in [3.63, 3.8) is 0 Å². The molecule has 119 heavy (non-hydrogen) atoms. The number of aromatic hydroxyl groups is 5. The fourth-order valence-electron chi connectivity index (χ4n) is 18.9. The molecule has 0 aliphatic carbocycles. The summed E-state index contributed by atoms with van der Waals surface area (Å²) in [5, 5.41) is 51.1. The second-order valence-electron chi connectivity index (χ2n) is 37.8. The van der Waals surface area contributed by atoms with Crippen LogP contribution >= 0.6 is 0 Å². The van der Waals surface area contributed by atoms with Crippen LogP contribution < -0.4 is 47.4 Å². The van der Waals surface area contributed by atoms with Gasteiger partial charge >= 0.3 is 0 Å². The smallest absolute Gasteiger partial charge is 0.129 e. The van der Waals surface area contributed by atoms with Gasteiger partial charge in [-0.05, 0) is 304 Å². The molecular formula is C104H118O15. The van der Waals surface area contributed by atoms with E-state index in [0.717, 1.165) is 204 Å². The van der Waals surface area contributed by atoms with Crippen molar-refractivity contribution in [2.45, 2.75) is 251 Å². The third-order valence-corrected chi connectivity index (χ3v) is 25.7. The largest absolute Gasteiger partial charge is 0.508 e. The van der Waals surface area contributed by atoms with Crippen molar-refractivity contribution in [2.75, 3.05) is 33.0 Å². The van der Waals surface area contributed by atoms with Crippen molar-refractivity contribution in [2.24, 2.45) is 0 Å². The zero-order valence-electron chi connectivity index (χ0n) is 71.9. The molecule has 15 nitrogen and oxygen atoms in total. The third kappa shape index (κ3) is 17.9. The maximum atomic E-state index is 10.3. The van der Waals surface area contributed by atoms with Gasteiger partial charge < -0.3 is 72.9 Å². The van der Waals surface area contributed by atoms with Crippen LogP contribution in [0.2, 0.25) is 0 Å². The van der Waals surface area contributed by atoms with E-state index in [0.29, 0.717) is 61.8 Å². The van der Waals surface area contributed by atoms with Gasteiger partial charge in [-0.3, -0.25) is 0 Å². The molecule has 5 atom stereocenters. The molecule has 10 aromatic carbocycles. The summed E-state index contributed by atoms with van der Waals surface area (Å²) >= 11 is 0. The highest BCUT2D eigenvalue weighted by Crippen LogP contribution is 2.52. The Morgan fingerprint density at radius 3 is 0.647 bits per heavy atom. The lowest BCUT2D eigenvalue weighted by Crippen LogP contribution is -2.33. The SMILES string of the molecule is CC1(C)CCc2c(ccc3c2OCC(c2ccccc2O)C3)O1.Cc1ccc(C2COc3c(ccc4c3CCC(C)(C)O4)C2)c(O)c1.Cc1ccc(C2COc3c(ccc4c3CCC(C)(C)O4)C2)c(O)c1.Cc1ccc(C2COc3c(ccc4c3CCC(C)(C)O4)C2)c(O)c1.Cc1ccc(C2COc3c(ccc4c3CCC(C)(C)O4)C2)c(O)c1. The molecule has 10 aliphatic heterocycles. The van der Waals surface area contributed by atoms with E-state index in [1.165, 1.54) is 55.6 Å². The van der Waals surface area contributed by atoms with Crippen LogP contribution in [0.3, 0.4) is 0 Å². The van der Waals surface area contributed by atoms with Gasteiger partial charge in [0, 0.05) is 85.2 Å². The molecule has 10 heterocycles. The fraction of sp³-hybridized carbons (Fsp3) is 0.423. The van der Waals surface area contributed by atoms with E-state index in [1.54, 1.807) is 6.07 Å². The van der Waals surface area contributed by atoms with Gasteiger partial charge in [-0.15, -0.1) is 0 Å². The Labute approximate surface area is 702 Å². The Morgan fingerprint density at radius 2 is 0.445 bits per heavy atom. The molecule has 15 heteroatoms. The van der Waals surface area contributed by atoms with E-state index in [4.69, 9.17) is 47.4 Å². The molecule has 0 amide bonds. The summed E-state index contributed by atoms with van der Waals surface area (Å²) in [6.45, 7) is 32.3. The topological polar surface area (TPSA) is 193 Å². The first kappa shape index (κ1) is 81.9. The monoisotopic (exact) mass is 1610 g/mol. The highest BCUT2D eigenvalue weighted by molar-refractivity contribution is 5.60. The zero-order valence-corrected chi connectivity index (χ0v) is 71.9. The Kier molecular flexibility index (Phi) is 22.5. The molecule has 0 aromatic heterocycles. The number of benzene rings is 10. The Balaban J connectivity index is 0.000000111. The zero-order chi connectivity index (χ0) is 83.6. The quantitative estimate of drug-likeness (QED) is 0.109. The molecule has 624 valence electrons. The van der Waals surface area contributed by atoms with Crippen molar-refractivity contribution in [3.8, 4) is 86.2 Å². The van der Waals surface area contributed by atoms with Crippen LogP contribution in [-0.4, -0.2) is 86.6 Å². The first-order chi connectivity index (χ1) is 56.7. The lowest BCUT2D eigenvalue weighted by molar-refractivity contribution is 0.0822. The minimum absolute atomic E-state index is 0.103. The Morgan fingerprint density at radius 1 is 0.244 bits per heavy atom. The number of hydrogen-bond acceptors (Lipinski definition) is 15. The highest BCUT2D eigenvalue weighted by atomic mass is 16.5. The number of ether oxygens (including phenoxy) is 10. The van der Waals surface area contributed by atoms with Crippen LogP contribution in [0, 0.1) is 27.7 Å². The molecular weight excluding hydrogens is 1490 g/mol. The van der Waals surface area contributed by atoms with Crippen LogP contribution in [0.25, 0.3) is 0 Å². The van der Waals surface area contributed by atoms with Crippen molar-refractivity contribution in [3.05, 3.63) is 263 Å². The molecule has 5 N–H and O–H groups in total. The van der Waals surface area contributed by atoms with Gasteiger partial charge in [-0.1, -0.05) is 97.1 Å². The molecule has 0 saturated carbocycles. The summed E-state index contributed by atoms with van der Waals surface area (Å²) in [6.07, 6.45) is 14.4. The number of phenolic OH excluding ortho intramolecular Hbond substituents is 5. The number of rotatable bonds is 5. The number of hydrogen-bond donors (Lipinski definition) is 5. The minimum atomic E-state index is -0.105. The molecule has 0 bridgehead atoms. The summed E-state index contributed by atoms with van der Waals surface area (Å²) in [5.74, 6) is 12.6. The number of phenols is 5. The van der Waals surface area contributed by atoms with Gasteiger partial charge in [-0.25, -0.2) is 0 Å². The van der Waals surface area contributed by atoms with E-state index in [2.05, 4.69) is 130 Å². The van der Waals surface area contributed by atoms with E-state index >= 15 is 0 Å². The second-order valence-corrected chi connectivity index (χ2v) is 37.8. The summed E-state index contributed by atoms with van der Waals surface area (Å²) in [5.41, 5.74) is 20.7. The van der Waals surface area contributed by atoms with E-state index in [9.17, 15) is 25.5 Å². The van der Waals surface area contributed by atoms with Crippen molar-refractivity contribution in [1.82, 2.24) is 0 Å². The number of aryl methyl sites for hydroxylation is 4. The highest BCUT2D eigenvalue weighted by Gasteiger charge is 2.40. The van der Waals surface area contributed by atoms with Gasteiger partial charge in [-0.2, -0.15) is 0 Å². The molecule has 0 spiro atoms. The molecule has 0 fully saturated rings. The standard InChI is InChI=1S/4C21H24O3.C20H22O3/c4*1-13-4-6-16(18(22)10-13)15-11-14-5-7-19-17(20(14)23-12-15)8-9-21(2,3)24-19;1-20(2)10-9-16-18(23-20)8-7-13-11-14(12-22-19(13)16)15-5-3-4-6-17(15)21/h4*4-7,10,15,22H,8-9,11-12H2,1-3H3;3-8,14,21H,9-12H2,1-2H3. The second kappa shape index (κ2) is 32.7. The van der Waals surface area contributed by atoms with Gasteiger partial charge in [0.1, 0.15) is 114 Å². The predicted molar refractivity (Wildman–Crippen MR) is 467 cm³/mol. The molecule has 0 saturated heterocycles. The summed E-state index contributed by atoms with van der Waals surface area (Å²) in [6, 6.07) is 52.1. The lowest BCUT2D eigenvalue weighted by atomic mass is 9.86. The van der Waals surface area contributed by atoms with Crippen LogP contribution in [0.15, 0.2) is 158 Å². The third-order valence-electron chi connectivity index (χ3n) is 25.7. The average Bonchev–Trinajstić information content (AvgIpc) is 0.785. The number of fused-ring (bicyclic) bond motifs is 15. The van der Waals surface area contributed by atoms with Gasteiger partial charge in [0.05, 0.1) is 33.0 Å². The Bertz CT molecular complexity index is 4930. The molecule has 10 aliphatic rings. The predicted octanol–water partition coefficient (Wildman–Crippen LogP) is 22.3. The van der Waals surface area contributed by atoms with Crippen LogP contribution in [0.1, 0.15) is 237 Å². The summed E-state index contributed by atoms with van der Waals surface area (Å²) in [4.78, 5) is 0. The number of para-hydroxylation sites is 1. The fourth-order valence-corrected chi connectivity index (χ4v) is 18.9. The average molecular weight is 1610 g/mol. The van der Waals surface area contributed by atoms with Gasteiger partial charge in [0.15, 0.2) is 0 Å². The van der Waals surface area contributed by atoms with E-state index in [1.807, 2.05) is 119 Å². The minimum Gasteiger partial charge on any atom is -0.508 e. The van der Waals surface area contributed by atoms with Crippen molar-refractivity contribution in [1.29, 1.82) is 0 Å². The maximum Gasteiger partial charge on any atom is 0.129 e. The van der Waals surface area contributed by atoms with E-state index < -0.39 is 0 Å². The van der Waals surface area contributed by atoms with Crippen LogP contribution in [0.4, 0.5) is 0 Å². The first-order valence-electron chi connectivity index (χ1n) is 43.0. The molecule has 10 aromatic rings. The first-order valence-corrected chi connectivity index (χ1v) is 43.0. The molecule has 0 radical (unpaired) electrons. The van der Waals surface area contributed by atoms with Gasteiger partial charge in [0.25, 0.3) is 0 Å². The van der Waals surface area contributed by atoms with Crippen molar-refractivity contribution >= 4 is 0 Å². The summed E-state index contributed by atoms with van der Waals surface area (Å²) < 4.78 is 61.3. The Hall–Kier alpha value is -10.8. The molecule has 20 rings (SSSR count). The summed E-state index contributed by atoms with van der Waals surface area (Å²) in [7, 11) is 0. The normalized spacial score (nSPS) is 21.3. The van der Waals surface area contributed by atoms with Gasteiger partial charge in [0.2, 0.25) is 0 Å². The van der Waals surface area contributed by atoms with E-state index in [-0.39, 0.29) is 57.6 Å². The lowest BCUT2D eigenvalue weighted by Gasteiger charge is -2.35. The maximum absolute atomic E-state index is 10.3. The van der Waals surface area contributed by atoms with Crippen molar-refractivity contribution < 1.29 is 72.9 Å². The van der Waals surface area contributed by atoms with Crippen LogP contribution in [-0.2, 0) is 64.2 Å². The molecule has 5 unspecified atom stereocenters. The van der Waals surface area contributed by atoms with Crippen LogP contribution in [0.5, 0.6) is 86.2 Å².